The summed E-state index contributed by atoms with van der Waals surface area (Å²) in [6, 6.07) is 2.78. The van der Waals surface area contributed by atoms with E-state index in [-0.39, 0.29) is 0 Å². The number of aryl methyl sites for hydroxylation is 1. The first-order valence-corrected chi connectivity index (χ1v) is 7.06. The Kier molecular flexibility index (Phi) is 6.35. The van der Waals surface area contributed by atoms with E-state index in [9.17, 15) is 0 Å². The fraction of sp³-hybridized carbons (Fsp3) is 0.733. The van der Waals surface area contributed by atoms with E-state index in [1.54, 1.807) is 0 Å². The number of hydrogen-bond acceptors (Lipinski definition) is 1. The molecule has 1 atom stereocenters. The quantitative estimate of drug-likeness (QED) is 0.722. The second-order valence-electron chi connectivity index (χ2n) is 5.28. The van der Waals surface area contributed by atoms with Crippen LogP contribution in [0.2, 0.25) is 0 Å². The molecule has 1 N–H and O–H groups in total. The van der Waals surface area contributed by atoms with E-state index < -0.39 is 0 Å². The molecule has 0 aliphatic carbocycles. The highest BCUT2D eigenvalue weighted by Gasteiger charge is 2.09. The monoisotopic (exact) mass is 236 g/mol. The van der Waals surface area contributed by atoms with Crippen molar-refractivity contribution in [3.63, 3.8) is 0 Å². The number of nitrogens with zero attached hydrogens (tertiary/aromatic N) is 1. The molecule has 0 aliphatic heterocycles. The number of rotatable bonds is 8. The molecule has 0 bridgehead atoms. The van der Waals surface area contributed by atoms with Crippen molar-refractivity contribution in [2.45, 2.75) is 59.5 Å². The summed E-state index contributed by atoms with van der Waals surface area (Å²) >= 11 is 0. The van der Waals surface area contributed by atoms with Crippen LogP contribution >= 0.6 is 0 Å². The van der Waals surface area contributed by atoms with E-state index in [1.807, 2.05) is 0 Å². The molecule has 2 heteroatoms. The third kappa shape index (κ3) is 4.95. The van der Waals surface area contributed by atoms with Crippen LogP contribution in [0.25, 0.3) is 0 Å². The Morgan fingerprint density at radius 3 is 2.65 bits per heavy atom. The molecule has 0 aromatic carbocycles. The molecule has 0 spiro atoms. The molecule has 1 aromatic heterocycles. The van der Waals surface area contributed by atoms with Gasteiger partial charge in [0.05, 0.1) is 0 Å². The van der Waals surface area contributed by atoms with Gasteiger partial charge >= 0.3 is 0 Å². The molecular formula is C15H28N2. The third-order valence-corrected chi connectivity index (χ3v) is 3.19. The van der Waals surface area contributed by atoms with Crippen molar-refractivity contribution in [1.29, 1.82) is 0 Å². The highest BCUT2D eigenvalue weighted by Crippen LogP contribution is 2.17. The molecule has 0 saturated heterocycles. The summed E-state index contributed by atoms with van der Waals surface area (Å²) in [5.41, 5.74) is 1.43. The van der Waals surface area contributed by atoms with Crippen LogP contribution in [0.3, 0.4) is 0 Å². The van der Waals surface area contributed by atoms with Crippen LogP contribution in [-0.2, 0) is 6.54 Å². The Labute approximate surface area is 106 Å². The second kappa shape index (κ2) is 7.54. The van der Waals surface area contributed by atoms with Crippen molar-refractivity contribution < 1.29 is 0 Å². The zero-order valence-electron chi connectivity index (χ0n) is 11.9. The van der Waals surface area contributed by atoms with Crippen LogP contribution in [0.4, 0.5) is 0 Å². The maximum atomic E-state index is 3.60. The van der Waals surface area contributed by atoms with E-state index in [1.165, 1.54) is 18.4 Å². The largest absolute Gasteiger partial charge is 0.354 e. The summed E-state index contributed by atoms with van der Waals surface area (Å²) in [6.07, 6.45) is 8.14. The average molecular weight is 236 g/mol. The van der Waals surface area contributed by atoms with Gasteiger partial charge in [0.1, 0.15) is 0 Å². The van der Waals surface area contributed by atoms with Crippen LogP contribution < -0.4 is 5.32 Å². The van der Waals surface area contributed by atoms with Gasteiger partial charge in [-0.25, -0.2) is 0 Å². The zero-order valence-corrected chi connectivity index (χ0v) is 11.9. The smallest absolute Gasteiger partial charge is 0.0332 e. The van der Waals surface area contributed by atoms with Gasteiger partial charge in [-0.15, -0.1) is 0 Å². The Balaban J connectivity index is 2.52. The number of hydrogen-bond donors (Lipinski definition) is 1. The summed E-state index contributed by atoms with van der Waals surface area (Å²) in [5, 5.41) is 3.60. The van der Waals surface area contributed by atoms with Gasteiger partial charge in [0.2, 0.25) is 0 Å². The van der Waals surface area contributed by atoms with Gasteiger partial charge in [0, 0.05) is 25.0 Å². The summed E-state index contributed by atoms with van der Waals surface area (Å²) in [7, 11) is 0. The molecule has 0 aliphatic rings. The standard InChI is InChI=1S/C15H28N2/c1-5-9-16-15(6-2)14-8-11-17(12-14)10-7-13(3)4/h8,11-13,15-16H,5-7,9-10H2,1-4H3. The van der Waals surface area contributed by atoms with E-state index >= 15 is 0 Å². The van der Waals surface area contributed by atoms with E-state index in [0.29, 0.717) is 6.04 Å². The molecule has 1 aromatic rings. The lowest BCUT2D eigenvalue weighted by Gasteiger charge is -2.15. The summed E-state index contributed by atoms with van der Waals surface area (Å²) in [4.78, 5) is 0. The first-order valence-electron chi connectivity index (χ1n) is 7.06. The first kappa shape index (κ1) is 14.3. The Hall–Kier alpha value is -0.760. The SMILES string of the molecule is CCCNC(CC)c1ccn(CCC(C)C)c1. The third-order valence-electron chi connectivity index (χ3n) is 3.19. The molecular weight excluding hydrogens is 208 g/mol. The van der Waals surface area contributed by atoms with Crippen LogP contribution in [0, 0.1) is 5.92 Å². The minimum Gasteiger partial charge on any atom is -0.354 e. The van der Waals surface area contributed by atoms with Crippen molar-refractivity contribution in [3.05, 3.63) is 24.0 Å². The maximum Gasteiger partial charge on any atom is 0.0332 e. The van der Waals surface area contributed by atoms with Gasteiger partial charge in [0.15, 0.2) is 0 Å². The van der Waals surface area contributed by atoms with Crippen molar-refractivity contribution in [3.8, 4) is 0 Å². The summed E-state index contributed by atoms with van der Waals surface area (Å²) in [6.45, 7) is 11.3. The highest BCUT2D eigenvalue weighted by molar-refractivity contribution is 5.15. The van der Waals surface area contributed by atoms with Crippen LogP contribution in [0.15, 0.2) is 18.5 Å². The molecule has 1 rings (SSSR count). The van der Waals surface area contributed by atoms with Crippen molar-refractivity contribution in [2.24, 2.45) is 5.92 Å². The minimum absolute atomic E-state index is 0.523. The van der Waals surface area contributed by atoms with Gasteiger partial charge in [-0.2, -0.15) is 0 Å². The summed E-state index contributed by atoms with van der Waals surface area (Å²) < 4.78 is 2.33. The molecule has 2 nitrogen and oxygen atoms in total. The fourth-order valence-electron chi connectivity index (χ4n) is 2.03. The minimum atomic E-state index is 0.523. The molecule has 1 heterocycles. The lowest BCUT2D eigenvalue weighted by molar-refractivity contribution is 0.505. The van der Waals surface area contributed by atoms with Gasteiger partial charge in [0.25, 0.3) is 0 Å². The lowest BCUT2D eigenvalue weighted by atomic mass is 10.1. The Morgan fingerprint density at radius 1 is 1.29 bits per heavy atom. The highest BCUT2D eigenvalue weighted by atomic mass is 15.0. The lowest BCUT2D eigenvalue weighted by Crippen LogP contribution is -2.21. The van der Waals surface area contributed by atoms with Crippen molar-refractivity contribution in [2.75, 3.05) is 6.54 Å². The van der Waals surface area contributed by atoms with Gasteiger partial charge in [-0.3, -0.25) is 0 Å². The second-order valence-corrected chi connectivity index (χ2v) is 5.28. The number of nitrogens with one attached hydrogen (secondary N) is 1. The normalized spacial score (nSPS) is 13.2. The first-order chi connectivity index (χ1) is 8.17. The van der Waals surface area contributed by atoms with E-state index in [4.69, 9.17) is 0 Å². The van der Waals surface area contributed by atoms with Crippen LogP contribution in [0.5, 0.6) is 0 Å². The fourth-order valence-corrected chi connectivity index (χ4v) is 2.03. The molecule has 98 valence electrons. The molecule has 17 heavy (non-hydrogen) atoms. The van der Waals surface area contributed by atoms with Crippen molar-refractivity contribution in [1.82, 2.24) is 9.88 Å². The molecule has 0 saturated carbocycles. The van der Waals surface area contributed by atoms with E-state index in [2.05, 4.69) is 56.0 Å². The molecule has 0 radical (unpaired) electrons. The number of aromatic nitrogens is 1. The maximum absolute atomic E-state index is 3.60. The Morgan fingerprint density at radius 2 is 2.06 bits per heavy atom. The Bertz CT molecular complexity index is 302. The predicted octanol–water partition coefficient (Wildman–Crippen LogP) is 3.98. The van der Waals surface area contributed by atoms with Crippen LogP contribution in [0.1, 0.15) is 58.6 Å². The van der Waals surface area contributed by atoms with Crippen molar-refractivity contribution >= 4 is 0 Å². The molecule has 0 amide bonds. The predicted molar refractivity (Wildman–Crippen MR) is 75.2 cm³/mol. The van der Waals surface area contributed by atoms with Gasteiger partial charge in [-0.1, -0.05) is 27.7 Å². The molecule has 1 unspecified atom stereocenters. The van der Waals surface area contributed by atoms with Crippen LogP contribution in [-0.4, -0.2) is 11.1 Å². The zero-order chi connectivity index (χ0) is 12.7. The van der Waals surface area contributed by atoms with Gasteiger partial charge in [-0.05, 0) is 43.4 Å². The summed E-state index contributed by atoms with van der Waals surface area (Å²) in [5.74, 6) is 0.779. The topological polar surface area (TPSA) is 17.0 Å². The van der Waals surface area contributed by atoms with Gasteiger partial charge < -0.3 is 9.88 Å². The molecule has 0 fully saturated rings. The van der Waals surface area contributed by atoms with E-state index in [0.717, 1.165) is 25.4 Å². The average Bonchev–Trinajstić information content (AvgIpc) is 2.76.